The highest BCUT2D eigenvalue weighted by Gasteiger charge is 2.53. The van der Waals surface area contributed by atoms with E-state index < -0.39 is 5.41 Å². The van der Waals surface area contributed by atoms with Crippen LogP contribution in [0.5, 0.6) is 0 Å². The molecule has 2 aromatic carbocycles. The first kappa shape index (κ1) is 13.6. The molecule has 1 aliphatic heterocycles. The minimum atomic E-state index is -1.09. The molecule has 0 radical (unpaired) electrons. The second-order valence-corrected chi connectivity index (χ2v) is 5.51. The van der Waals surface area contributed by atoms with Gasteiger partial charge in [0.15, 0.2) is 0 Å². The smallest absolute Gasteiger partial charge is 0.245 e. The second kappa shape index (κ2) is 4.85. The lowest BCUT2D eigenvalue weighted by Gasteiger charge is -2.25. The number of carbonyl (C=O) groups excluding carboxylic acids is 2. The molecule has 21 heavy (non-hydrogen) atoms. The molecule has 1 unspecified atom stereocenters. The molecule has 106 valence electrons. The van der Waals surface area contributed by atoms with Crippen LogP contribution < -0.4 is 4.90 Å². The Morgan fingerprint density at radius 2 is 1.67 bits per heavy atom. The van der Waals surface area contributed by atoms with E-state index in [9.17, 15) is 9.59 Å². The number of rotatable bonds is 3. The number of carbonyl (C=O) groups is 2. The zero-order chi connectivity index (χ0) is 15.0. The Morgan fingerprint density at radius 1 is 1.05 bits per heavy atom. The molecule has 1 atom stereocenters. The van der Waals surface area contributed by atoms with Gasteiger partial charge in [0.1, 0.15) is 11.2 Å². The first-order valence-electron chi connectivity index (χ1n) is 7.00. The van der Waals surface area contributed by atoms with Gasteiger partial charge in [-0.3, -0.25) is 9.59 Å². The van der Waals surface area contributed by atoms with Gasteiger partial charge in [-0.25, -0.2) is 0 Å². The maximum atomic E-state index is 12.8. The van der Waals surface area contributed by atoms with E-state index in [1.807, 2.05) is 54.6 Å². The average molecular weight is 279 g/mol. The van der Waals surface area contributed by atoms with Crippen molar-refractivity contribution in [2.45, 2.75) is 18.8 Å². The van der Waals surface area contributed by atoms with Crippen LogP contribution in [0.1, 0.15) is 18.1 Å². The Labute approximate surface area is 124 Å². The lowest BCUT2D eigenvalue weighted by molar-refractivity contribution is -0.132. The van der Waals surface area contributed by atoms with E-state index in [0.29, 0.717) is 6.42 Å². The zero-order valence-corrected chi connectivity index (χ0v) is 12.2. The third-order valence-corrected chi connectivity index (χ3v) is 4.31. The molecule has 3 rings (SSSR count). The highest BCUT2D eigenvalue weighted by atomic mass is 16.2. The predicted molar refractivity (Wildman–Crippen MR) is 82.4 cm³/mol. The molecular weight excluding hydrogens is 262 g/mol. The molecule has 1 heterocycles. The standard InChI is InChI=1S/C18H17NO2/c1-13(20)18(12-14-8-4-3-5-9-14)15-10-6-7-11-16(15)19(2)17(18)21/h3-11H,12H2,1-2H3. The second-order valence-electron chi connectivity index (χ2n) is 5.51. The summed E-state index contributed by atoms with van der Waals surface area (Å²) < 4.78 is 0. The number of para-hydroxylation sites is 1. The van der Waals surface area contributed by atoms with Gasteiger partial charge >= 0.3 is 0 Å². The van der Waals surface area contributed by atoms with Gasteiger partial charge in [0.2, 0.25) is 5.91 Å². The van der Waals surface area contributed by atoms with Crippen LogP contribution in [0.4, 0.5) is 5.69 Å². The van der Waals surface area contributed by atoms with Crippen LogP contribution in [0.15, 0.2) is 54.6 Å². The monoisotopic (exact) mass is 279 g/mol. The average Bonchev–Trinajstić information content (AvgIpc) is 2.72. The van der Waals surface area contributed by atoms with Crippen molar-refractivity contribution in [3.05, 3.63) is 65.7 Å². The van der Waals surface area contributed by atoms with Crippen LogP contribution in [0.25, 0.3) is 0 Å². The quantitative estimate of drug-likeness (QED) is 0.810. The number of hydrogen-bond donors (Lipinski definition) is 0. The van der Waals surface area contributed by atoms with Crippen molar-refractivity contribution in [1.29, 1.82) is 0 Å². The summed E-state index contributed by atoms with van der Waals surface area (Å²) in [6.45, 7) is 1.51. The number of ketones is 1. The van der Waals surface area contributed by atoms with Crippen molar-refractivity contribution in [2.75, 3.05) is 11.9 Å². The number of Topliss-reactive ketones (excluding diaryl/α,β-unsaturated/α-hetero) is 1. The highest BCUT2D eigenvalue weighted by molar-refractivity contribution is 6.21. The number of anilines is 1. The molecule has 0 fully saturated rings. The van der Waals surface area contributed by atoms with Gasteiger partial charge in [-0.05, 0) is 30.5 Å². The van der Waals surface area contributed by atoms with E-state index in [1.54, 1.807) is 11.9 Å². The van der Waals surface area contributed by atoms with Gasteiger partial charge in [0.25, 0.3) is 0 Å². The van der Waals surface area contributed by atoms with Crippen molar-refractivity contribution >= 4 is 17.4 Å². The number of fused-ring (bicyclic) bond motifs is 1. The van der Waals surface area contributed by atoms with E-state index in [4.69, 9.17) is 0 Å². The highest BCUT2D eigenvalue weighted by Crippen LogP contribution is 2.43. The van der Waals surface area contributed by atoms with E-state index in [2.05, 4.69) is 0 Å². The van der Waals surface area contributed by atoms with Crippen molar-refractivity contribution in [1.82, 2.24) is 0 Å². The molecule has 0 saturated heterocycles. The summed E-state index contributed by atoms with van der Waals surface area (Å²) in [5.74, 6) is -0.242. The van der Waals surface area contributed by atoms with Crippen LogP contribution in [-0.4, -0.2) is 18.7 Å². The SMILES string of the molecule is CC(=O)C1(Cc2ccccc2)C(=O)N(C)c2ccccc21. The number of nitrogens with zero attached hydrogens (tertiary/aromatic N) is 1. The summed E-state index contributed by atoms with van der Waals surface area (Å²) in [7, 11) is 1.73. The van der Waals surface area contributed by atoms with Gasteiger partial charge < -0.3 is 4.90 Å². The number of hydrogen-bond acceptors (Lipinski definition) is 2. The molecule has 3 heteroatoms. The Morgan fingerprint density at radius 3 is 2.33 bits per heavy atom. The maximum absolute atomic E-state index is 12.8. The Hall–Kier alpha value is -2.42. The van der Waals surface area contributed by atoms with Gasteiger partial charge in [-0.2, -0.15) is 0 Å². The van der Waals surface area contributed by atoms with E-state index in [1.165, 1.54) is 6.92 Å². The normalized spacial score (nSPS) is 20.5. The first-order valence-corrected chi connectivity index (χ1v) is 7.00. The Balaban J connectivity index is 2.18. The molecule has 1 aliphatic rings. The maximum Gasteiger partial charge on any atom is 0.245 e. The fourth-order valence-electron chi connectivity index (χ4n) is 3.18. The van der Waals surface area contributed by atoms with Crippen molar-refractivity contribution in [3.63, 3.8) is 0 Å². The van der Waals surface area contributed by atoms with E-state index >= 15 is 0 Å². The minimum Gasteiger partial charge on any atom is -0.314 e. The van der Waals surface area contributed by atoms with Crippen molar-refractivity contribution < 1.29 is 9.59 Å². The fraction of sp³-hybridized carbons (Fsp3) is 0.222. The topological polar surface area (TPSA) is 37.4 Å². The van der Waals surface area contributed by atoms with Crippen LogP contribution in [0.3, 0.4) is 0 Å². The fourth-order valence-corrected chi connectivity index (χ4v) is 3.18. The van der Waals surface area contributed by atoms with Crippen molar-refractivity contribution in [2.24, 2.45) is 0 Å². The summed E-state index contributed by atoms with van der Waals surface area (Å²) in [4.78, 5) is 26.9. The summed E-state index contributed by atoms with van der Waals surface area (Å²) in [6.07, 6.45) is 0.406. The van der Waals surface area contributed by atoms with E-state index in [-0.39, 0.29) is 11.7 Å². The third kappa shape index (κ3) is 1.88. The summed E-state index contributed by atoms with van der Waals surface area (Å²) in [5, 5.41) is 0. The predicted octanol–water partition coefficient (Wildman–Crippen LogP) is 2.73. The molecule has 2 aromatic rings. The lowest BCUT2D eigenvalue weighted by Crippen LogP contribution is -2.45. The van der Waals surface area contributed by atoms with Gasteiger partial charge in [-0.1, -0.05) is 48.5 Å². The van der Waals surface area contributed by atoms with Gasteiger partial charge in [-0.15, -0.1) is 0 Å². The largest absolute Gasteiger partial charge is 0.314 e. The Kier molecular flexibility index (Phi) is 3.13. The summed E-state index contributed by atoms with van der Waals surface area (Å²) in [6, 6.07) is 17.3. The molecule has 3 nitrogen and oxygen atoms in total. The van der Waals surface area contributed by atoms with Crippen molar-refractivity contribution in [3.8, 4) is 0 Å². The molecule has 1 amide bonds. The molecule has 0 N–H and O–H groups in total. The third-order valence-electron chi connectivity index (χ3n) is 4.31. The molecule has 0 saturated carbocycles. The summed E-state index contributed by atoms with van der Waals surface area (Å²) in [5.41, 5.74) is 1.54. The van der Waals surface area contributed by atoms with Crippen LogP contribution in [0.2, 0.25) is 0 Å². The van der Waals surface area contributed by atoms with Crippen LogP contribution in [-0.2, 0) is 21.4 Å². The number of benzene rings is 2. The van der Waals surface area contributed by atoms with Gasteiger partial charge in [0, 0.05) is 12.7 Å². The minimum absolute atomic E-state index is 0.104. The van der Waals surface area contributed by atoms with Crippen LogP contribution in [0, 0.1) is 0 Å². The van der Waals surface area contributed by atoms with Crippen LogP contribution >= 0.6 is 0 Å². The zero-order valence-electron chi connectivity index (χ0n) is 12.2. The molecule has 0 bridgehead atoms. The lowest BCUT2D eigenvalue weighted by atomic mass is 9.73. The molecule has 0 aliphatic carbocycles. The first-order chi connectivity index (χ1) is 10.1. The van der Waals surface area contributed by atoms with E-state index in [0.717, 1.165) is 16.8 Å². The number of likely N-dealkylation sites (N-methyl/N-ethyl adjacent to an activating group) is 1. The molecule has 0 aromatic heterocycles. The molecular formula is C18H17NO2. The molecule has 0 spiro atoms. The summed E-state index contributed by atoms with van der Waals surface area (Å²) >= 11 is 0. The Bertz CT molecular complexity index is 708. The number of amides is 1. The van der Waals surface area contributed by atoms with Gasteiger partial charge in [0.05, 0.1) is 0 Å².